The van der Waals surface area contributed by atoms with Crippen molar-refractivity contribution in [3.8, 4) is 0 Å². The molecule has 0 atom stereocenters. The first-order valence-electron chi connectivity index (χ1n) is 9.88. The molecule has 0 aliphatic heterocycles. The highest BCUT2D eigenvalue weighted by molar-refractivity contribution is 8.01. The van der Waals surface area contributed by atoms with Crippen molar-refractivity contribution in [2.24, 2.45) is 0 Å². The van der Waals surface area contributed by atoms with Gasteiger partial charge in [0.2, 0.25) is 5.13 Å². The third-order valence-corrected chi connectivity index (χ3v) is 7.05. The standard InChI is InChI=1S/C20H22N6O3S2/c1-3-11-6-4-5-10(2)15(11)22-18-24-25-20(31-18)30-9-13(27)14-16(21)26(12-7-8-12)19(29)23-17(14)28/h4-6,12H,3,7-9,21H2,1-2H3,(H,22,24)(H,23,28,29). The van der Waals surface area contributed by atoms with E-state index in [4.69, 9.17) is 5.73 Å². The van der Waals surface area contributed by atoms with Crippen LogP contribution < -0.4 is 22.3 Å². The minimum atomic E-state index is -0.753. The second-order valence-electron chi connectivity index (χ2n) is 7.29. The maximum absolute atomic E-state index is 12.7. The molecular formula is C20H22N6O3S2. The summed E-state index contributed by atoms with van der Waals surface area (Å²) in [7, 11) is 0. The van der Waals surface area contributed by atoms with Crippen molar-refractivity contribution in [1.82, 2.24) is 19.7 Å². The lowest BCUT2D eigenvalue weighted by atomic mass is 10.1. The van der Waals surface area contributed by atoms with Crippen molar-refractivity contribution in [3.63, 3.8) is 0 Å². The first-order valence-corrected chi connectivity index (χ1v) is 11.7. The Hall–Kier alpha value is -2.92. The topological polar surface area (TPSA) is 136 Å². The number of hydrogen-bond acceptors (Lipinski definition) is 9. The monoisotopic (exact) mass is 458 g/mol. The summed E-state index contributed by atoms with van der Waals surface area (Å²) < 4.78 is 1.90. The Labute approximate surface area is 186 Å². The fraction of sp³-hybridized carbons (Fsp3) is 0.350. The van der Waals surface area contributed by atoms with E-state index < -0.39 is 17.0 Å². The number of aromatic nitrogens is 4. The number of carbonyl (C=O) groups is 1. The van der Waals surface area contributed by atoms with E-state index in [9.17, 15) is 14.4 Å². The van der Waals surface area contributed by atoms with Crippen LogP contribution in [0.1, 0.15) is 47.3 Å². The number of benzene rings is 1. The second kappa shape index (κ2) is 8.67. The molecule has 1 aliphatic carbocycles. The highest BCUT2D eigenvalue weighted by atomic mass is 32.2. The Morgan fingerprint density at radius 2 is 2.13 bits per heavy atom. The normalized spacial score (nSPS) is 13.4. The van der Waals surface area contributed by atoms with Crippen LogP contribution >= 0.6 is 23.1 Å². The van der Waals surface area contributed by atoms with E-state index in [0.29, 0.717) is 9.47 Å². The molecule has 4 N–H and O–H groups in total. The molecule has 9 nitrogen and oxygen atoms in total. The molecule has 4 rings (SSSR count). The lowest BCUT2D eigenvalue weighted by molar-refractivity contribution is 0.102. The van der Waals surface area contributed by atoms with Crippen LogP contribution in [-0.4, -0.2) is 31.3 Å². The summed E-state index contributed by atoms with van der Waals surface area (Å²) in [6, 6.07) is 6.06. The molecule has 2 heterocycles. The Morgan fingerprint density at radius 3 is 2.84 bits per heavy atom. The third kappa shape index (κ3) is 4.42. The number of para-hydroxylation sites is 1. The molecule has 11 heteroatoms. The number of nitrogen functional groups attached to an aromatic ring is 1. The van der Waals surface area contributed by atoms with Gasteiger partial charge in [0.25, 0.3) is 5.56 Å². The predicted octanol–water partition coefficient (Wildman–Crippen LogP) is 2.89. The number of rotatable bonds is 8. The van der Waals surface area contributed by atoms with Crippen molar-refractivity contribution >= 4 is 45.5 Å². The number of anilines is 3. The minimum absolute atomic E-state index is 0.0324. The number of hydrogen-bond donors (Lipinski definition) is 3. The summed E-state index contributed by atoms with van der Waals surface area (Å²) in [6.07, 6.45) is 2.50. The predicted molar refractivity (Wildman–Crippen MR) is 123 cm³/mol. The van der Waals surface area contributed by atoms with Gasteiger partial charge < -0.3 is 11.1 Å². The molecule has 0 unspecified atom stereocenters. The van der Waals surface area contributed by atoms with Crippen molar-refractivity contribution in [3.05, 3.63) is 55.7 Å². The maximum Gasteiger partial charge on any atom is 0.330 e. The summed E-state index contributed by atoms with van der Waals surface area (Å²) in [5.74, 6) is -0.543. The Balaban J connectivity index is 1.47. The van der Waals surface area contributed by atoms with Crippen molar-refractivity contribution < 1.29 is 4.79 Å². The number of nitrogens with one attached hydrogen (secondary N) is 2. The molecule has 0 spiro atoms. The van der Waals surface area contributed by atoms with Crippen LogP contribution in [0.3, 0.4) is 0 Å². The molecule has 162 valence electrons. The SMILES string of the molecule is CCc1cccc(C)c1Nc1nnc(SCC(=O)c2c(N)n(C3CC3)c(=O)[nH]c2=O)s1. The molecule has 1 aliphatic rings. The zero-order chi connectivity index (χ0) is 22.1. The number of ketones is 1. The van der Waals surface area contributed by atoms with Crippen LogP contribution in [0.15, 0.2) is 32.1 Å². The summed E-state index contributed by atoms with van der Waals surface area (Å²) in [6.45, 7) is 4.12. The average molecular weight is 459 g/mol. The Kier molecular flexibility index (Phi) is 5.96. The zero-order valence-corrected chi connectivity index (χ0v) is 18.7. The van der Waals surface area contributed by atoms with E-state index in [1.807, 2.05) is 19.1 Å². The van der Waals surface area contributed by atoms with Crippen molar-refractivity contribution in [2.45, 2.75) is 43.5 Å². The first-order chi connectivity index (χ1) is 14.9. The molecule has 1 aromatic carbocycles. The highest BCUT2D eigenvalue weighted by Gasteiger charge is 2.30. The first kappa shape index (κ1) is 21.3. The van der Waals surface area contributed by atoms with Crippen LogP contribution in [0.5, 0.6) is 0 Å². The molecule has 0 bridgehead atoms. The van der Waals surface area contributed by atoms with Gasteiger partial charge in [0, 0.05) is 11.7 Å². The van der Waals surface area contributed by atoms with E-state index in [-0.39, 0.29) is 23.2 Å². The maximum atomic E-state index is 12.7. The van der Waals surface area contributed by atoms with E-state index in [0.717, 1.165) is 30.5 Å². The number of nitrogens with zero attached hydrogens (tertiary/aromatic N) is 3. The van der Waals surface area contributed by atoms with Crippen LogP contribution in [0, 0.1) is 6.92 Å². The van der Waals surface area contributed by atoms with Crippen LogP contribution in [0.25, 0.3) is 0 Å². The van der Waals surface area contributed by atoms with Crippen molar-refractivity contribution in [1.29, 1.82) is 0 Å². The molecule has 0 amide bonds. The third-order valence-electron chi connectivity index (χ3n) is 5.08. The van der Waals surface area contributed by atoms with Gasteiger partial charge in [-0.1, -0.05) is 48.2 Å². The quantitative estimate of drug-likeness (QED) is 0.346. The average Bonchev–Trinajstić information content (AvgIpc) is 3.45. The van der Waals surface area contributed by atoms with Gasteiger partial charge in [0.15, 0.2) is 10.1 Å². The molecule has 1 fully saturated rings. The number of Topliss-reactive ketones (excluding diaryl/α,β-unsaturated/α-hetero) is 1. The van der Waals surface area contributed by atoms with Gasteiger partial charge in [-0.3, -0.25) is 19.1 Å². The van der Waals surface area contributed by atoms with E-state index in [1.165, 1.54) is 33.2 Å². The van der Waals surface area contributed by atoms with Gasteiger partial charge in [-0.2, -0.15) is 0 Å². The number of H-pyrrole nitrogens is 1. The minimum Gasteiger partial charge on any atom is -0.384 e. The summed E-state index contributed by atoms with van der Waals surface area (Å²) in [5.41, 5.74) is 7.81. The molecule has 3 aromatic rings. The number of thioether (sulfide) groups is 1. The smallest absolute Gasteiger partial charge is 0.330 e. The molecular weight excluding hydrogens is 436 g/mol. The van der Waals surface area contributed by atoms with Gasteiger partial charge in [-0.15, -0.1) is 10.2 Å². The summed E-state index contributed by atoms with van der Waals surface area (Å²) in [4.78, 5) is 39.1. The van der Waals surface area contributed by atoms with Gasteiger partial charge in [0.05, 0.1) is 5.75 Å². The fourth-order valence-corrected chi connectivity index (χ4v) is 4.99. The van der Waals surface area contributed by atoms with Gasteiger partial charge >= 0.3 is 5.69 Å². The molecule has 31 heavy (non-hydrogen) atoms. The largest absolute Gasteiger partial charge is 0.384 e. The van der Waals surface area contributed by atoms with Crippen LogP contribution in [0.4, 0.5) is 16.6 Å². The molecule has 1 saturated carbocycles. The number of carbonyl (C=O) groups excluding carboxylic acids is 1. The Morgan fingerprint density at radius 1 is 1.35 bits per heavy atom. The van der Waals surface area contributed by atoms with Gasteiger partial charge in [-0.05, 0) is 37.3 Å². The number of aromatic amines is 1. The van der Waals surface area contributed by atoms with Crippen LogP contribution in [-0.2, 0) is 6.42 Å². The van der Waals surface area contributed by atoms with E-state index in [1.54, 1.807) is 0 Å². The van der Waals surface area contributed by atoms with Crippen LogP contribution in [0.2, 0.25) is 0 Å². The van der Waals surface area contributed by atoms with Gasteiger partial charge in [0.1, 0.15) is 11.4 Å². The molecule has 0 radical (unpaired) electrons. The zero-order valence-electron chi connectivity index (χ0n) is 17.1. The Bertz CT molecular complexity index is 1260. The number of aryl methyl sites for hydroxylation is 2. The fourth-order valence-electron chi connectivity index (χ4n) is 3.36. The number of nitrogens with two attached hydrogens (primary N) is 1. The van der Waals surface area contributed by atoms with Gasteiger partial charge in [-0.25, -0.2) is 4.79 Å². The molecule has 0 saturated heterocycles. The lowest BCUT2D eigenvalue weighted by Crippen LogP contribution is -2.36. The summed E-state index contributed by atoms with van der Waals surface area (Å²) in [5, 5.41) is 12.2. The molecule has 2 aromatic heterocycles. The van der Waals surface area contributed by atoms with E-state index in [2.05, 4.69) is 33.5 Å². The summed E-state index contributed by atoms with van der Waals surface area (Å²) >= 11 is 2.51. The highest BCUT2D eigenvalue weighted by Crippen LogP contribution is 2.35. The van der Waals surface area contributed by atoms with E-state index >= 15 is 0 Å². The van der Waals surface area contributed by atoms with Crippen molar-refractivity contribution in [2.75, 3.05) is 16.8 Å². The lowest BCUT2D eigenvalue weighted by Gasteiger charge is -2.11. The second-order valence-corrected chi connectivity index (χ2v) is 9.49.